The zero-order valence-corrected chi connectivity index (χ0v) is 11.7. The number of rotatable bonds is 3. The van der Waals surface area contributed by atoms with Crippen molar-refractivity contribution in [3.8, 4) is 0 Å². The number of hydrogen-bond donors (Lipinski definition) is 0. The Bertz CT molecular complexity index is 461. The van der Waals surface area contributed by atoms with E-state index in [2.05, 4.69) is 13.8 Å². The molecule has 0 bridgehead atoms. The van der Waals surface area contributed by atoms with Gasteiger partial charge >= 0.3 is 0 Å². The molecule has 1 aliphatic rings. The molecule has 0 atom stereocenters. The number of ether oxygens (including phenoxy) is 1. The third-order valence-corrected chi connectivity index (χ3v) is 3.50. The lowest BCUT2D eigenvalue weighted by atomic mass is 10.0. The molecule has 1 aromatic heterocycles. The first kappa shape index (κ1) is 13.6. The monoisotopic (exact) mass is 269 g/mol. The molecule has 4 heteroatoms. The smallest absolute Gasteiger partial charge is 0.254 e. The highest BCUT2D eigenvalue weighted by molar-refractivity contribution is 6.30. The van der Waals surface area contributed by atoms with Gasteiger partial charge in [0, 0.05) is 31.0 Å². The standard InChI is InChI=1S/C14H20ClNO2/c1-10(2)7-11-8-12(15)9-16(14(11)17)13-3-5-18-6-4-13/h8-10,13H,3-7H2,1-2H3. The lowest BCUT2D eigenvalue weighted by Crippen LogP contribution is -2.31. The minimum absolute atomic E-state index is 0.111. The van der Waals surface area contributed by atoms with Crippen LogP contribution >= 0.6 is 11.6 Å². The van der Waals surface area contributed by atoms with Crippen LogP contribution in [0.25, 0.3) is 0 Å². The normalized spacial score (nSPS) is 17.3. The van der Waals surface area contributed by atoms with E-state index >= 15 is 0 Å². The summed E-state index contributed by atoms with van der Waals surface area (Å²) < 4.78 is 7.15. The Labute approximate surface area is 113 Å². The van der Waals surface area contributed by atoms with Crippen LogP contribution in [-0.2, 0) is 11.2 Å². The molecule has 100 valence electrons. The van der Waals surface area contributed by atoms with Crippen molar-refractivity contribution in [2.75, 3.05) is 13.2 Å². The molecule has 1 aromatic rings. The molecule has 2 heterocycles. The molecule has 1 saturated heterocycles. The third-order valence-electron chi connectivity index (χ3n) is 3.30. The summed E-state index contributed by atoms with van der Waals surface area (Å²) in [6.45, 7) is 5.67. The van der Waals surface area contributed by atoms with Crippen molar-refractivity contribution in [2.45, 2.75) is 39.2 Å². The maximum Gasteiger partial charge on any atom is 0.254 e. The van der Waals surface area contributed by atoms with Crippen molar-refractivity contribution in [3.63, 3.8) is 0 Å². The minimum atomic E-state index is 0.111. The third kappa shape index (κ3) is 3.15. The fourth-order valence-corrected chi connectivity index (χ4v) is 2.68. The van der Waals surface area contributed by atoms with Crippen LogP contribution in [0.5, 0.6) is 0 Å². The summed E-state index contributed by atoms with van der Waals surface area (Å²) in [7, 11) is 0. The van der Waals surface area contributed by atoms with E-state index in [9.17, 15) is 4.79 Å². The van der Waals surface area contributed by atoms with Crippen LogP contribution in [0.15, 0.2) is 17.1 Å². The number of pyridine rings is 1. The highest BCUT2D eigenvalue weighted by atomic mass is 35.5. The van der Waals surface area contributed by atoms with Crippen molar-refractivity contribution in [3.05, 3.63) is 33.2 Å². The Morgan fingerprint density at radius 2 is 2.11 bits per heavy atom. The van der Waals surface area contributed by atoms with Crippen LogP contribution in [0.4, 0.5) is 0 Å². The van der Waals surface area contributed by atoms with E-state index in [1.54, 1.807) is 12.3 Å². The highest BCUT2D eigenvalue weighted by Gasteiger charge is 2.18. The summed E-state index contributed by atoms with van der Waals surface area (Å²) in [5, 5.41) is 0.650. The molecule has 0 aliphatic carbocycles. The van der Waals surface area contributed by atoms with Gasteiger partial charge in [-0.3, -0.25) is 4.79 Å². The summed E-state index contributed by atoms with van der Waals surface area (Å²) in [6.07, 6.45) is 4.33. The van der Waals surface area contributed by atoms with Crippen molar-refractivity contribution >= 4 is 11.6 Å². The predicted octanol–water partition coefficient (Wildman–Crippen LogP) is 3.05. The average Bonchev–Trinajstić information content (AvgIpc) is 2.34. The van der Waals surface area contributed by atoms with Gasteiger partial charge in [-0.05, 0) is 31.2 Å². The number of hydrogen-bond acceptors (Lipinski definition) is 2. The molecule has 18 heavy (non-hydrogen) atoms. The average molecular weight is 270 g/mol. The fraction of sp³-hybridized carbons (Fsp3) is 0.643. The van der Waals surface area contributed by atoms with Gasteiger partial charge in [-0.2, -0.15) is 0 Å². The van der Waals surface area contributed by atoms with Crippen LogP contribution in [0, 0.1) is 5.92 Å². The summed E-state index contributed by atoms with van der Waals surface area (Å²) in [4.78, 5) is 12.4. The van der Waals surface area contributed by atoms with E-state index in [-0.39, 0.29) is 11.6 Å². The zero-order chi connectivity index (χ0) is 13.1. The molecule has 0 N–H and O–H groups in total. The Balaban J connectivity index is 2.34. The SMILES string of the molecule is CC(C)Cc1cc(Cl)cn(C2CCOCC2)c1=O. The molecule has 0 unspecified atom stereocenters. The maximum atomic E-state index is 12.4. The van der Waals surface area contributed by atoms with E-state index in [1.165, 1.54) is 0 Å². The molecule has 1 aliphatic heterocycles. The van der Waals surface area contributed by atoms with E-state index < -0.39 is 0 Å². The molecule has 0 aromatic carbocycles. The molecule has 0 radical (unpaired) electrons. The van der Waals surface area contributed by atoms with Gasteiger partial charge in [0.25, 0.3) is 5.56 Å². The zero-order valence-electron chi connectivity index (χ0n) is 11.0. The van der Waals surface area contributed by atoms with Crippen LogP contribution in [0.2, 0.25) is 5.02 Å². The van der Waals surface area contributed by atoms with Crippen LogP contribution < -0.4 is 5.56 Å². The molecular formula is C14H20ClNO2. The Morgan fingerprint density at radius 3 is 2.72 bits per heavy atom. The topological polar surface area (TPSA) is 31.2 Å². The van der Waals surface area contributed by atoms with Gasteiger partial charge in [0.2, 0.25) is 0 Å². The lowest BCUT2D eigenvalue weighted by Gasteiger charge is -2.25. The van der Waals surface area contributed by atoms with Crippen molar-refractivity contribution in [2.24, 2.45) is 5.92 Å². The fourth-order valence-electron chi connectivity index (χ4n) is 2.44. The van der Waals surface area contributed by atoms with Gasteiger partial charge in [0.15, 0.2) is 0 Å². The molecule has 0 spiro atoms. The lowest BCUT2D eigenvalue weighted by molar-refractivity contribution is 0.0686. The first-order valence-electron chi connectivity index (χ1n) is 6.56. The number of halogens is 1. The van der Waals surface area contributed by atoms with E-state index in [1.807, 2.05) is 4.57 Å². The van der Waals surface area contributed by atoms with E-state index in [0.717, 1.165) is 38.0 Å². The molecule has 2 rings (SSSR count). The molecule has 0 saturated carbocycles. The van der Waals surface area contributed by atoms with Crippen molar-refractivity contribution < 1.29 is 4.74 Å². The summed E-state index contributed by atoms with van der Waals surface area (Å²) in [5.41, 5.74) is 0.934. The second kappa shape index (κ2) is 5.89. The Hall–Kier alpha value is -0.800. The number of nitrogens with zero attached hydrogens (tertiary/aromatic N) is 1. The Morgan fingerprint density at radius 1 is 1.44 bits per heavy atom. The molecule has 0 amide bonds. The van der Waals surface area contributed by atoms with E-state index in [0.29, 0.717) is 10.9 Å². The van der Waals surface area contributed by atoms with Crippen molar-refractivity contribution in [1.82, 2.24) is 4.57 Å². The second-order valence-electron chi connectivity index (χ2n) is 5.34. The van der Waals surface area contributed by atoms with Gasteiger partial charge in [0.05, 0.1) is 5.02 Å². The summed E-state index contributed by atoms with van der Waals surface area (Å²) in [6, 6.07) is 2.04. The van der Waals surface area contributed by atoms with E-state index in [4.69, 9.17) is 16.3 Å². The minimum Gasteiger partial charge on any atom is -0.381 e. The number of aromatic nitrogens is 1. The highest BCUT2D eigenvalue weighted by Crippen LogP contribution is 2.21. The summed E-state index contributed by atoms with van der Waals surface area (Å²) in [5.74, 6) is 0.458. The first-order valence-corrected chi connectivity index (χ1v) is 6.94. The maximum absolute atomic E-state index is 12.4. The second-order valence-corrected chi connectivity index (χ2v) is 5.77. The van der Waals surface area contributed by atoms with Crippen LogP contribution in [-0.4, -0.2) is 17.8 Å². The van der Waals surface area contributed by atoms with Gasteiger partial charge < -0.3 is 9.30 Å². The predicted molar refractivity (Wildman–Crippen MR) is 73.3 cm³/mol. The molecule has 1 fully saturated rings. The van der Waals surface area contributed by atoms with Crippen LogP contribution in [0.3, 0.4) is 0 Å². The van der Waals surface area contributed by atoms with Gasteiger partial charge in [-0.25, -0.2) is 0 Å². The quantitative estimate of drug-likeness (QED) is 0.845. The van der Waals surface area contributed by atoms with Crippen molar-refractivity contribution in [1.29, 1.82) is 0 Å². The Kier molecular flexibility index (Phi) is 4.46. The molecular weight excluding hydrogens is 250 g/mol. The van der Waals surface area contributed by atoms with Crippen LogP contribution in [0.1, 0.15) is 38.3 Å². The van der Waals surface area contributed by atoms with Gasteiger partial charge in [0.1, 0.15) is 0 Å². The largest absolute Gasteiger partial charge is 0.381 e. The summed E-state index contributed by atoms with van der Waals surface area (Å²) >= 11 is 6.13. The molecule has 3 nitrogen and oxygen atoms in total. The van der Waals surface area contributed by atoms with Gasteiger partial charge in [-0.1, -0.05) is 25.4 Å². The van der Waals surface area contributed by atoms with Gasteiger partial charge in [-0.15, -0.1) is 0 Å². The first-order chi connectivity index (χ1) is 8.58.